The highest BCUT2D eigenvalue weighted by Crippen LogP contribution is 2.52. The highest BCUT2D eigenvalue weighted by Gasteiger charge is 2.34. The van der Waals surface area contributed by atoms with Crippen molar-refractivity contribution in [1.82, 2.24) is 4.57 Å². The topological polar surface area (TPSA) is 56.4 Å². The number of aromatic nitrogens is 1. The number of aliphatic imine (C=N–C) groups is 1. The molecule has 0 amide bonds. The normalized spacial score (nSPS) is 19.0. The van der Waals surface area contributed by atoms with Gasteiger partial charge in [0.15, 0.2) is 11.5 Å². The molecule has 0 fully saturated rings. The Morgan fingerprint density at radius 1 is 0.939 bits per heavy atom. The number of nitrogen functional groups attached to an aromatic ring is 1. The summed E-state index contributed by atoms with van der Waals surface area (Å²) in [5.74, 6) is 1.81. The van der Waals surface area contributed by atoms with Gasteiger partial charge in [0, 0.05) is 37.7 Å². The Bertz CT molecular complexity index is 2410. The summed E-state index contributed by atoms with van der Waals surface area (Å²) >= 11 is 1.90. The second-order valence-corrected chi connectivity index (χ2v) is 14.2. The van der Waals surface area contributed by atoms with Gasteiger partial charge in [-0.15, -0.1) is 11.3 Å². The molecule has 0 radical (unpaired) electrons. The maximum absolute atomic E-state index is 7.03. The van der Waals surface area contributed by atoms with E-state index >= 15 is 0 Å². The summed E-state index contributed by atoms with van der Waals surface area (Å²) < 4.78 is 10.7. The second-order valence-electron chi connectivity index (χ2n) is 13.2. The molecule has 0 aliphatic heterocycles. The number of fused-ring (bicyclic) bond motifs is 7. The monoisotopic (exact) mass is 657 g/mol. The van der Waals surface area contributed by atoms with Gasteiger partial charge in [-0.05, 0) is 59.9 Å². The number of furan rings is 1. The summed E-state index contributed by atoms with van der Waals surface area (Å²) in [6.45, 7) is 15.1. The molecule has 4 nitrogen and oxygen atoms in total. The Morgan fingerprint density at radius 2 is 1.65 bits per heavy atom. The van der Waals surface area contributed by atoms with E-state index in [2.05, 4.69) is 110 Å². The van der Waals surface area contributed by atoms with E-state index in [0.717, 1.165) is 34.5 Å². The predicted octanol–water partition coefficient (Wildman–Crippen LogP) is 11.6. The van der Waals surface area contributed by atoms with E-state index in [1.54, 1.807) is 0 Å². The lowest BCUT2D eigenvalue weighted by molar-refractivity contribution is 0.526. The number of para-hydroxylation sites is 1. The van der Waals surface area contributed by atoms with Gasteiger partial charge >= 0.3 is 0 Å². The van der Waals surface area contributed by atoms with Gasteiger partial charge in [0.1, 0.15) is 0 Å². The number of hydrogen-bond donors (Lipinski definition) is 1. The molecule has 3 aromatic carbocycles. The van der Waals surface area contributed by atoms with Crippen LogP contribution < -0.4 is 5.73 Å². The number of thiophene rings is 1. The van der Waals surface area contributed by atoms with Crippen molar-refractivity contribution < 1.29 is 4.42 Å². The van der Waals surface area contributed by atoms with Crippen LogP contribution in [0.25, 0.3) is 42.8 Å². The van der Waals surface area contributed by atoms with Crippen molar-refractivity contribution in [2.75, 3.05) is 5.73 Å². The zero-order chi connectivity index (χ0) is 33.8. The lowest BCUT2D eigenvalue weighted by Crippen LogP contribution is -2.22. The van der Waals surface area contributed by atoms with E-state index < -0.39 is 0 Å². The first kappa shape index (κ1) is 30.9. The second kappa shape index (κ2) is 12.2. The van der Waals surface area contributed by atoms with Gasteiger partial charge in [0.25, 0.3) is 0 Å². The summed E-state index contributed by atoms with van der Waals surface area (Å²) in [5.41, 5.74) is 17.0. The molecule has 2 aliphatic rings. The fraction of sp³-hybridized carbons (Fsp3) is 0.159. The van der Waals surface area contributed by atoms with E-state index in [1.165, 1.54) is 37.2 Å². The van der Waals surface area contributed by atoms with E-state index in [9.17, 15) is 0 Å². The largest absolute Gasteiger partial charge is 0.451 e. The van der Waals surface area contributed by atoms with E-state index in [4.69, 9.17) is 15.1 Å². The highest BCUT2D eigenvalue weighted by molar-refractivity contribution is 7.22. The van der Waals surface area contributed by atoms with Crippen LogP contribution in [-0.2, 0) is 6.42 Å². The molecule has 49 heavy (non-hydrogen) atoms. The lowest BCUT2D eigenvalue weighted by Gasteiger charge is -2.23. The molecule has 242 valence electrons. The quantitative estimate of drug-likeness (QED) is 0.137. The predicted molar refractivity (Wildman–Crippen MR) is 209 cm³/mol. The van der Waals surface area contributed by atoms with Crippen molar-refractivity contribution in [1.29, 1.82) is 0 Å². The van der Waals surface area contributed by atoms with Crippen LogP contribution in [0.3, 0.4) is 0 Å². The summed E-state index contributed by atoms with van der Waals surface area (Å²) in [7, 11) is 0. The first-order valence-electron chi connectivity index (χ1n) is 16.9. The molecule has 3 atom stereocenters. The summed E-state index contributed by atoms with van der Waals surface area (Å²) in [5, 5.41) is 2.60. The van der Waals surface area contributed by atoms with E-state index in [1.807, 2.05) is 54.7 Å². The van der Waals surface area contributed by atoms with Crippen LogP contribution in [0.4, 0.5) is 5.69 Å². The molecule has 5 heteroatoms. The van der Waals surface area contributed by atoms with Crippen LogP contribution in [0.5, 0.6) is 0 Å². The number of nitrogens with two attached hydrogens (primary N) is 1. The summed E-state index contributed by atoms with van der Waals surface area (Å²) in [6.07, 6.45) is 13.3. The van der Waals surface area contributed by atoms with Gasteiger partial charge in [0.2, 0.25) is 0 Å². The van der Waals surface area contributed by atoms with Crippen molar-refractivity contribution in [3.8, 4) is 10.4 Å². The first-order valence-corrected chi connectivity index (χ1v) is 17.7. The van der Waals surface area contributed by atoms with E-state index in [0.29, 0.717) is 28.8 Å². The minimum absolute atomic E-state index is 0.0367. The zero-order valence-corrected chi connectivity index (χ0v) is 28.9. The molecule has 3 aromatic heterocycles. The molecule has 0 saturated carbocycles. The molecule has 3 unspecified atom stereocenters. The minimum atomic E-state index is -0.0367. The number of rotatable bonds is 7. The van der Waals surface area contributed by atoms with Gasteiger partial charge in [-0.2, -0.15) is 0 Å². The molecule has 0 bridgehead atoms. The fourth-order valence-corrected chi connectivity index (χ4v) is 9.05. The van der Waals surface area contributed by atoms with Crippen molar-refractivity contribution in [2.45, 2.75) is 33.1 Å². The van der Waals surface area contributed by atoms with Gasteiger partial charge < -0.3 is 14.7 Å². The van der Waals surface area contributed by atoms with Gasteiger partial charge in [0.05, 0.1) is 28.3 Å². The number of hydrogen-bond acceptors (Lipinski definition) is 4. The number of nitrogens with zero attached hydrogens (tertiary/aromatic N) is 2. The Hall–Kier alpha value is -5.39. The van der Waals surface area contributed by atoms with Crippen LogP contribution in [0.1, 0.15) is 53.7 Å². The van der Waals surface area contributed by atoms with Crippen molar-refractivity contribution >= 4 is 55.1 Å². The summed E-state index contributed by atoms with van der Waals surface area (Å²) in [4.78, 5) is 6.53. The first-order chi connectivity index (χ1) is 23.9. The molecule has 0 spiro atoms. The molecular formula is C44H39N3OS. The average molecular weight is 658 g/mol. The average Bonchev–Trinajstić information content (AvgIpc) is 3.76. The van der Waals surface area contributed by atoms with Crippen molar-refractivity contribution in [3.05, 3.63) is 162 Å². The highest BCUT2D eigenvalue weighted by atomic mass is 32.1. The summed E-state index contributed by atoms with van der Waals surface area (Å²) in [6, 6.07) is 27.6. The fourth-order valence-electron chi connectivity index (χ4n) is 7.65. The zero-order valence-electron chi connectivity index (χ0n) is 28.1. The molecule has 0 saturated heterocycles. The molecule has 6 aromatic rings. The van der Waals surface area contributed by atoms with Crippen LogP contribution >= 0.6 is 11.3 Å². The molecule has 2 aliphatic carbocycles. The van der Waals surface area contributed by atoms with Crippen LogP contribution in [0.15, 0.2) is 138 Å². The van der Waals surface area contributed by atoms with Crippen molar-refractivity contribution in [2.24, 2.45) is 16.8 Å². The van der Waals surface area contributed by atoms with Crippen LogP contribution in [0.2, 0.25) is 0 Å². The van der Waals surface area contributed by atoms with Crippen LogP contribution in [-0.4, -0.2) is 10.3 Å². The Morgan fingerprint density at radius 3 is 2.43 bits per heavy atom. The van der Waals surface area contributed by atoms with Gasteiger partial charge in [-0.25, -0.2) is 4.99 Å². The Labute approximate surface area is 291 Å². The van der Waals surface area contributed by atoms with Gasteiger partial charge in [-0.1, -0.05) is 124 Å². The third-order valence-electron chi connectivity index (χ3n) is 10.1. The molecule has 3 heterocycles. The third-order valence-corrected chi connectivity index (χ3v) is 11.3. The third kappa shape index (κ3) is 4.99. The maximum atomic E-state index is 7.03. The SMILES string of the molecule is C=C/C=C(\c1oc(/C(=N\C(=C)c2ccccc2)C2C=CC=CC2C)c(N)c1C)n1c2c(c3ccccc31)-c1sc3ccccc3c1C(C)C2. The molecule has 8 rings (SSSR count). The van der Waals surface area contributed by atoms with Crippen LogP contribution in [0, 0.1) is 18.8 Å². The number of allylic oxidation sites excluding steroid dienone is 6. The number of benzene rings is 3. The molecular weight excluding hydrogens is 619 g/mol. The Balaban J connectivity index is 1.34. The van der Waals surface area contributed by atoms with Crippen molar-refractivity contribution in [3.63, 3.8) is 0 Å². The lowest BCUT2D eigenvalue weighted by atomic mass is 9.84. The minimum Gasteiger partial charge on any atom is -0.451 e. The standard InChI is InChI=1S/C44H39N3OS/c1-6-16-35(47-34-23-14-12-21-32(34)39-36(47)25-27(3)38-33-22-13-15-24-37(33)49-44(38)39)42-28(4)40(45)43(48-42)41(31-20-11-10-17-26(31)2)46-29(5)30-18-8-7-9-19-30/h6-24,26-27,31H,1,5,25,45H2,2-4H3/b35-16+,46-41-. The maximum Gasteiger partial charge on any atom is 0.172 e. The van der Waals surface area contributed by atoms with Gasteiger partial charge in [-0.3, -0.25) is 0 Å². The Kier molecular flexibility index (Phi) is 7.73. The smallest absolute Gasteiger partial charge is 0.172 e. The van der Waals surface area contributed by atoms with E-state index in [-0.39, 0.29) is 11.8 Å². The molecule has 2 N–H and O–H groups in total. The number of anilines is 1.